The number of rotatable bonds is 5. The number of likely N-dealkylation sites (N-methyl/N-ethyl adjacent to an activating group) is 1. The molecule has 0 spiro atoms. The van der Waals surface area contributed by atoms with E-state index < -0.39 is 18.0 Å². The van der Waals surface area contributed by atoms with Crippen LogP contribution in [0.15, 0.2) is 18.2 Å². The number of carbonyl (C=O) groups excluding carboxylic acids is 1. The molecule has 5 nitrogen and oxygen atoms in total. The first kappa shape index (κ1) is 15.4. The third kappa shape index (κ3) is 4.50. The van der Waals surface area contributed by atoms with E-state index in [4.69, 9.17) is 5.73 Å². The molecule has 0 fully saturated rings. The van der Waals surface area contributed by atoms with Crippen molar-refractivity contribution < 1.29 is 14.3 Å². The molecule has 0 saturated heterocycles. The Morgan fingerprint density at radius 1 is 1.53 bits per heavy atom. The summed E-state index contributed by atoms with van der Waals surface area (Å²) in [4.78, 5) is 13.6. The van der Waals surface area contributed by atoms with E-state index in [1.165, 1.54) is 18.2 Å². The first-order chi connectivity index (χ1) is 8.81. The number of nitrogens with two attached hydrogens (primary N) is 1. The second-order valence-corrected chi connectivity index (χ2v) is 4.69. The fourth-order valence-electron chi connectivity index (χ4n) is 1.65. The number of nitrogens with one attached hydrogen (secondary N) is 1. The maximum absolute atomic E-state index is 13.5. The van der Waals surface area contributed by atoms with Gasteiger partial charge in [0.1, 0.15) is 5.82 Å². The Bertz CT molecular complexity index is 452. The second kappa shape index (κ2) is 6.49. The van der Waals surface area contributed by atoms with Gasteiger partial charge < -0.3 is 16.2 Å². The quantitative estimate of drug-likeness (QED) is 0.698. The van der Waals surface area contributed by atoms with Crippen LogP contribution in [0.4, 0.5) is 15.8 Å². The van der Waals surface area contributed by atoms with Crippen molar-refractivity contribution in [3.8, 4) is 0 Å². The Balaban J connectivity index is 2.71. The summed E-state index contributed by atoms with van der Waals surface area (Å²) in [7, 11) is 1.71. The highest BCUT2D eigenvalue weighted by molar-refractivity contribution is 5.95. The fourth-order valence-corrected chi connectivity index (χ4v) is 1.65. The highest BCUT2D eigenvalue weighted by Gasteiger charge is 2.20. The van der Waals surface area contributed by atoms with Crippen molar-refractivity contribution in [2.24, 2.45) is 0 Å². The van der Waals surface area contributed by atoms with E-state index in [9.17, 15) is 14.3 Å². The maximum Gasteiger partial charge on any atom is 0.241 e. The number of nitrogens with zero attached hydrogens (tertiary/aromatic N) is 1. The van der Waals surface area contributed by atoms with Crippen LogP contribution in [0, 0.1) is 5.82 Å². The summed E-state index contributed by atoms with van der Waals surface area (Å²) in [6.45, 7) is 3.68. The van der Waals surface area contributed by atoms with Crippen LogP contribution >= 0.6 is 0 Å². The summed E-state index contributed by atoms with van der Waals surface area (Å²) in [6, 6.07) is 3.51. The average molecular weight is 269 g/mol. The van der Waals surface area contributed by atoms with Crippen molar-refractivity contribution in [1.82, 2.24) is 4.90 Å². The van der Waals surface area contributed by atoms with E-state index in [1.807, 2.05) is 0 Å². The summed E-state index contributed by atoms with van der Waals surface area (Å²) in [5.74, 6) is -0.888. The largest absolute Gasteiger partial charge is 0.399 e. The van der Waals surface area contributed by atoms with E-state index in [0.29, 0.717) is 12.2 Å². The number of halogens is 1. The molecule has 0 saturated carbocycles. The van der Waals surface area contributed by atoms with Crippen molar-refractivity contribution in [2.45, 2.75) is 26.0 Å². The molecule has 2 unspecified atom stereocenters. The topological polar surface area (TPSA) is 78.6 Å². The molecule has 1 amide bonds. The van der Waals surface area contributed by atoms with Crippen molar-refractivity contribution in [2.75, 3.05) is 24.6 Å². The van der Waals surface area contributed by atoms with Crippen LogP contribution in [0.3, 0.4) is 0 Å². The van der Waals surface area contributed by atoms with Crippen LogP contribution in [-0.4, -0.2) is 41.7 Å². The zero-order valence-electron chi connectivity index (χ0n) is 11.4. The van der Waals surface area contributed by atoms with Gasteiger partial charge in [-0.2, -0.15) is 0 Å². The lowest BCUT2D eigenvalue weighted by Gasteiger charge is -2.25. The lowest BCUT2D eigenvalue weighted by atomic mass is 10.2. The van der Waals surface area contributed by atoms with Gasteiger partial charge in [-0.25, -0.2) is 4.39 Å². The summed E-state index contributed by atoms with van der Waals surface area (Å²) in [5, 5.41) is 11.8. The van der Waals surface area contributed by atoms with Gasteiger partial charge in [0.05, 0.1) is 17.8 Å². The van der Waals surface area contributed by atoms with Gasteiger partial charge in [-0.3, -0.25) is 9.69 Å². The molecule has 0 aromatic heterocycles. The molecule has 0 radical (unpaired) electrons. The normalized spacial score (nSPS) is 14.2. The minimum absolute atomic E-state index is 0.0577. The second-order valence-electron chi connectivity index (χ2n) is 4.69. The first-order valence-electron chi connectivity index (χ1n) is 6.05. The molecule has 0 aliphatic carbocycles. The Labute approximate surface area is 112 Å². The molecule has 0 heterocycles. The number of carbonyl (C=O) groups is 1. The molecule has 1 aromatic carbocycles. The number of amides is 1. The third-order valence-corrected chi connectivity index (χ3v) is 2.84. The van der Waals surface area contributed by atoms with Crippen LogP contribution in [0.1, 0.15) is 13.8 Å². The van der Waals surface area contributed by atoms with Crippen molar-refractivity contribution in [3.63, 3.8) is 0 Å². The monoisotopic (exact) mass is 269 g/mol. The van der Waals surface area contributed by atoms with Gasteiger partial charge >= 0.3 is 0 Å². The summed E-state index contributed by atoms with van der Waals surface area (Å²) in [5.41, 5.74) is 5.98. The van der Waals surface area contributed by atoms with Crippen LogP contribution < -0.4 is 11.1 Å². The van der Waals surface area contributed by atoms with E-state index in [2.05, 4.69) is 5.32 Å². The van der Waals surface area contributed by atoms with Crippen molar-refractivity contribution in [1.29, 1.82) is 0 Å². The van der Waals surface area contributed by atoms with Gasteiger partial charge in [0.2, 0.25) is 5.91 Å². The summed E-state index contributed by atoms with van der Waals surface area (Å²) >= 11 is 0. The molecule has 0 aliphatic rings. The highest BCUT2D eigenvalue weighted by atomic mass is 19.1. The Morgan fingerprint density at radius 2 is 2.16 bits per heavy atom. The number of aliphatic hydroxyl groups excluding tert-OH is 1. The molecule has 0 bridgehead atoms. The van der Waals surface area contributed by atoms with Crippen LogP contribution in [0.5, 0.6) is 0 Å². The van der Waals surface area contributed by atoms with Crippen molar-refractivity contribution >= 4 is 17.3 Å². The molecule has 1 rings (SSSR count). The van der Waals surface area contributed by atoms with Crippen LogP contribution in [0.25, 0.3) is 0 Å². The highest BCUT2D eigenvalue weighted by Crippen LogP contribution is 2.18. The zero-order chi connectivity index (χ0) is 14.6. The molecule has 2 atom stereocenters. The number of hydrogen-bond donors (Lipinski definition) is 3. The number of hydrogen-bond acceptors (Lipinski definition) is 4. The number of nitrogen functional groups attached to an aromatic ring is 1. The van der Waals surface area contributed by atoms with E-state index in [-0.39, 0.29) is 11.6 Å². The van der Waals surface area contributed by atoms with Crippen LogP contribution in [0.2, 0.25) is 0 Å². The Kier molecular flexibility index (Phi) is 5.26. The Morgan fingerprint density at radius 3 is 2.74 bits per heavy atom. The van der Waals surface area contributed by atoms with Gasteiger partial charge in [-0.05, 0) is 39.1 Å². The van der Waals surface area contributed by atoms with Gasteiger partial charge in [0.15, 0.2) is 0 Å². The lowest BCUT2D eigenvalue weighted by Crippen LogP contribution is -2.42. The van der Waals surface area contributed by atoms with Gasteiger partial charge in [0, 0.05) is 12.2 Å². The van der Waals surface area contributed by atoms with Gasteiger partial charge in [-0.1, -0.05) is 0 Å². The molecule has 0 aliphatic heterocycles. The molecule has 6 heteroatoms. The Hall–Kier alpha value is -1.66. The molecular formula is C13H20FN3O2. The van der Waals surface area contributed by atoms with Gasteiger partial charge in [0.25, 0.3) is 0 Å². The summed E-state index contributed by atoms with van der Waals surface area (Å²) < 4.78 is 13.5. The number of benzene rings is 1. The average Bonchev–Trinajstić information content (AvgIpc) is 2.31. The van der Waals surface area contributed by atoms with Crippen molar-refractivity contribution in [3.05, 3.63) is 24.0 Å². The van der Waals surface area contributed by atoms with E-state index >= 15 is 0 Å². The zero-order valence-corrected chi connectivity index (χ0v) is 11.4. The van der Waals surface area contributed by atoms with Gasteiger partial charge in [-0.15, -0.1) is 0 Å². The molecule has 1 aromatic rings. The predicted octanol–water partition coefficient (Wildman–Crippen LogP) is 1.05. The van der Waals surface area contributed by atoms with E-state index in [0.717, 1.165) is 0 Å². The standard InChI is InChI=1S/C13H20FN3O2/c1-8(18)7-17(3)9(2)13(19)16-12-6-10(15)4-5-11(12)14/h4-6,8-9,18H,7,15H2,1-3H3,(H,16,19). The summed E-state index contributed by atoms with van der Waals surface area (Å²) in [6.07, 6.45) is -0.538. The fraction of sp³-hybridized carbons (Fsp3) is 0.462. The maximum atomic E-state index is 13.5. The predicted molar refractivity (Wildman–Crippen MR) is 73.2 cm³/mol. The molecule has 4 N–H and O–H groups in total. The SMILES string of the molecule is CC(O)CN(C)C(C)C(=O)Nc1cc(N)ccc1F. The van der Waals surface area contributed by atoms with E-state index in [1.54, 1.807) is 25.8 Å². The third-order valence-electron chi connectivity index (χ3n) is 2.84. The minimum Gasteiger partial charge on any atom is -0.399 e. The molecular weight excluding hydrogens is 249 g/mol. The number of anilines is 2. The smallest absolute Gasteiger partial charge is 0.241 e. The molecule has 19 heavy (non-hydrogen) atoms. The minimum atomic E-state index is -0.538. The first-order valence-corrected chi connectivity index (χ1v) is 6.05. The number of aliphatic hydroxyl groups is 1. The van der Waals surface area contributed by atoms with Crippen LogP contribution in [-0.2, 0) is 4.79 Å². The molecule has 106 valence electrons. The lowest BCUT2D eigenvalue weighted by molar-refractivity contribution is -0.120.